The molecule has 0 aromatic rings. The van der Waals surface area contributed by atoms with E-state index in [0.717, 1.165) is 25.9 Å². The Bertz CT molecular complexity index is 376. The highest BCUT2D eigenvalue weighted by atomic mass is 35.5. The van der Waals surface area contributed by atoms with Crippen LogP contribution in [0.5, 0.6) is 0 Å². The van der Waals surface area contributed by atoms with E-state index in [4.69, 9.17) is 5.73 Å². The quantitative estimate of drug-likeness (QED) is 0.802. The summed E-state index contributed by atoms with van der Waals surface area (Å²) in [7, 11) is 0. The molecule has 5 nitrogen and oxygen atoms in total. The Morgan fingerprint density at radius 2 is 1.95 bits per heavy atom. The molecule has 122 valence electrons. The van der Waals surface area contributed by atoms with Crippen LogP contribution in [-0.2, 0) is 9.59 Å². The molecule has 1 aliphatic carbocycles. The van der Waals surface area contributed by atoms with Gasteiger partial charge in [-0.25, -0.2) is 0 Å². The molecule has 1 saturated carbocycles. The molecule has 2 rings (SSSR count). The van der Waals surface area contributed by atoms with Crippen LogP contribution in [-0.4, -0.2) is 41.9 Å². The summed E-state index contributed by atoms with van der Waals surface area (Å²) in [5, 5.41) is 2.84. The van der Waals surface area contributed by atoms with Crippen LogP contribution < -0.4 is 11.1 Å². The van der Waals surface area contributed by atoms with Crippen molar-refractivity contribution in [1.82, 2.24) is 10.2 Å². The van der Waals surface area contributed by atoms with Crippen molar-refractivity contribution in [2.75, 3.05) is 13.1 Å². The van der Waals surface area contributed by atoms with Crippen molar-refractivity contribution in [3.8, 4) is 0 Å². The van der Waals surface area contributed by atoms with Crippen LogP contribution in [0.4, 0.5) is 0 Å². The van der Waals surface area contributed by atoms with E-state index < -0.39 is 0 Å². The largest absolute Gasteiger partial charge is 0.354 e. The molecule has 3 N–H and O–H groups in total. The molecular formula is C15H28ClN3O2. The van der Waals surface area contributed by atoms with Crippen LogP contribution in [0, 0.1) is 11.8 Å². The minimum Gasteiger partial charge on any atom is -0.354 e. The Morgan fingerprint density at radius 1 is 1.24 bits per heavy atom. The maximum absolute atomic E-state index is 12.1. The number of likely N-dealkylation sites (tertiary alicyclic amines) is 1. The van der Waals surface area contributed by atoms with Crippen LogP contribution in [0.15, 0.2) is 0 Å². The Hall–Kier alpha value is -0.810. The summed E-state index contributed by atoms with van der Waals surface area (Å²) in [4.78, 5) is 25.6. The van der Waals surface area contributed by atoms with Crippen molar-refractivity contribution < 1.29 is 9.59 Å². The SMILES string of the molecule is CC(C)NC(=O)CCCC(=O)N1CC2CCC(N)C2C1.Cl. The van der Waals surface area contributed by atoms with Gasteiger partial charge in [-0.05, 0) is 44.9 Å². The van der Waals surface area contributed by atoms with E-state index in [9.17, 15) is 9.59 Å². The lowest BCUT2D eigenvalue weighted by atomic mass is 9.98. The molecule has 21 heavy (non-hydrogen) atoms. The Kier molecular flexibility index (Phi) is 6.94. The predicted octanol–water partition coefficient (Wildman–Crippen LogP) is 1.30. The molecule has 0 spiro atoms. The topological polar surface area (TPSA) is 75.4 Å². The summed E-state index contributed by atoms with van der Waals surface area (Å²) in [5.74, 6) is 1.33. The molecule has 6 heteroatoms. The van der Waals surface area contributed by atoms with Gasteiger partial charge in [-0.15, -0.1) is 12.4 Å². The van der Waals surface area contributed by atoms with Crippen LogP contribution in [0.25, 0.3) is 0 Å². The molecule has 3 atom stereocenters. The van der Waals surface area contributed by atoms with Gasteiger partial charge >= 0.3 is 0 Å². The average molecular weight is 318 g/mol. The smallest absolute Gasteiger partial charge is 0.222 e. The fourth-order valence-electron chi connectivity index (χ4n) is 3.46. The first-order chi connectivity index (χ1) is 9.47. The average Bonchev–Trinajstić information content (AvgIpc) is 2.91. The first-order valence-electron chi connectivity index (χ1n) is 7.80. The zero-order valence-corrected chi connectivity index (χ0v) is 13.8. The molecule has 0 bridgehead atoms. The maximum atomic E-state index is 12.1. The monoisotopic (exact) mass is 317 g/mol. The van der Waals surface area contributed by atoms with Gasteiger partial charge in [-0.2, -0.15) is 0 Å². The second-order valence-corrected chi connectivity index (χ2v) is 6.54. The lowest BCUT2D eigenvalue weighted by Gasteiger charge is -2.18. The van der Waals surface area contributed by atoms with Gasteiger partial charge in [0.2, 0.25) is 11.8 Å². The number of carbonyl (C=O) groups is 2. The first kappa shape index (κ1) is 18.2. The van der Waals surface area contributed by atoms with E-state index in [1.807, 2.05) is 18.7 Å². The molecular weight excluding hydrogens is 290 g/mol. The van der Waals surface area contributed by atoms with Crippen LogP contribution in [0.3, 0.4) is 0 Å². The minimum atomic E-state index is 0. The van der Waals surface area contributed by atoms with Gasteiger partial charge in [0.05, 0.1) is 0 Å². The van der Waals surface area contributed by atoms with Crippen molar-refractivity contribution >= 4 is 24.2 Å². The number of amides is 2. The summed E-state index contributed by atoms with van der Waals surface area (Å²) in [6.07, 6.45) is 3.80. The van der Waals surface area contributed by atoms with Crippen molar-refractivity contribution in [3.63, 3.8) is 0 Å². The number of halogens is 1. The number of nitrogens with one attached hydrogen (secondary N) is 1. The molecule has 1 aliphatic heterocycles. The summed E-state index contributed by atoms with van der Waals surface area (Å²) in [6.45, 7) is 5.57. The molecule has 2 fully saturated rings. The Labute approximate surface area is 133 Å². The number of nitrogens with two attached hydrogens (primary N) is 1. The van der Waals surface area contributed by atoms with Gasteiger partial charge in [-0.1, -0.05) is 0 Å². The van der Waals surface area contributed by atoms with Crippen molar-refractivity contribution in [3.05, 3.63) is 0 Å². The fraction of sp³-hybridized carbons (Fsp3) is 0.867. The number of fused-ring (bicyclic) bond motifs is 1. The molecule has 0 aromatic carbocycles. The third-order valence-electron chi connectivity index (χ3n) is 4.51. The number of nitrogens with zero attached hydrogens (tertiary/aromatic N) is 1. The summed E-state index contributed by atoms with van der Waals surface area (Å²) >= 11 is 0. The second-order valence-electron chi connectivity index (χ2n) is 6.54. The number of rotatable bonds is 5. The van der Waals surface area contributed by atoms with Gasteiger partial charge in [0.1, 0.15) is 0 Å². The highest BCUT2D eigenvalue weighted by molar-refractivity contribution is 5.85. The lowest BCUT2D eigenvalue weighted by molar-refractivity contribution is -0.130. The predicted molar refractivity (Wildman–Crippen MR) is 85.1 cm³/mol. The molecule has 1 saturated heterocycles. The maximum Gasteiger partial charge on any atom is 0.222 e. The fourth-order valence-corrected chi connectivity index (χ4v) is 3.46. The van der Waals surface area contributed by atoms with E-state index in [1.165, 1.54) is 0 Å². The Balaban J connectivity index is 0.00000220. The third-order valence-corrected chi connectivity index (χ3v) is 4.51. The highest BCUT2D eigenvalue weighted by Gasteiger charge is 2.42. The summed E-state index contributed by atoms with van der Waals surface area (Å²) in [5.41, 5.74) is 6.08. The number of hydrogen-bond donors (Lipinski definition) is 2. The first-order valence-corrected chi connectivity index (χ1v) is 7.80. The summed E-state index contributed by atoms with van der Waals surface area (Å²) in [6, 6.07) is 0.437. The standard InChI is InChI=1S/C15H27N3O2.ClH/c1-10(2)17-14(19)4-3-5-15(20)18-8-11-6-7-13(16)12(11)9-18;/h10-13H,3-9,16H2,1-2H3,(H,17,19);1H. The number of carbonyl (C=O) groups excluding carboxylic acids is 2. The minimum absolute atomic E-state index is 0. The highest BCUT2D eigenvalue weighted by Crippen LogP contribution is 2.37. The van der Waals surface area contributed by atoms with E-state index in [1.54, 1.807) is 0 Å². The molecule has 0 radical (unpaired) electrons. The molecule has 2 amide bonds. The van der Waals surface area contributed by atoms with E-state index in [2.05, 4.69) is 5.32 Å². The zero-order valence-electron chi connectivity index (χ0n) is 13.0. The number of hydrogen-bond acceptors (Lipinski definition) is 3. The summed E-state index contributed by atoms with van der Waals surface area (Å²) < 4.78 is 0. The van der Waals surface area contributed by atoms with Gasteiger partial charge in [0.15, 0.2) is 0 Å². The van der Waals surface area contributed by atoms with Gasteiger partial charge in [0, 0.05) is 38.0 Å². The van der Waals surface area contributed by atoms with E-state index >= 15 is 0 Å². The molecule has 2 aliphatic rings. The van der Waals surface area contributed by atoms with Crippen molar-refractivity contribution in [2.24, 2.45) is 17.6 Å². The van der Waals surface area contributed by atoms with Gasteiger partial charge in [0.25, 0.3) is 0 Å². The van der Waals surface area contributed by atoms with Crippen LogP contribution >= 0.6 is 12.4 Å². The lowest BCUT2D eigenvalue weighted by Crippen LogP contribution is -2.34. The van der Waals surface area contributed by atoms with Gasteiger partial charge in [-0.3, -0.25) is 9.59 Å². The van der Waals surface area contributed by atoms with E-state index in [0.29, 0.717) is 31.1 Å². The van der Waals surface area contributed by atoms with E-state index in [-0.39, 0.29) is 36.3 Å². The normalized spacial score (nSPS) is 27.4. The molecule has 0 aromatic heterocycles. The van der Waals surface area contributed by atoms with Crippen molar-refractivity contribution in [2.45, 2.75) is 58.0 Å². The third kappa shape index (κ3) is 4.85. The Morgan fingerprint density at radius 3 is 2.57 bits per heavy atom. The van der Waals surface area contributed by atoms with Crippen LogP contribution in [0.2, 0.25) is 0 Å². The zero-order chi connectivity index (χ0) is 14.7. The second kappa shape index (κ2) is 7.99. The molecule has 3 unspecified atom stereocenters. The van der Waals surface area contributed by atoms with Crippen LogP contribution in [0.1, 0.15) is 46.0 Å². The molecule has 1 heterocycles. The van der Waals surface area contributed by atoms with Crippen molar-refractivity contribution in [1.29, 1.82) is 0 Å². The van der Waals surface area contributed by atoms with Gasteiger partial charge < -0.3 is 16.0 Å².